The summed E-state index contributed by atoms with van der Waals surface area (Å²) in [6, 6.07) is 7.35. The van der Waals surface area contributed by atoms with E-state index in [0.717, 1.165) is 10.8 Å². The standard InChI is InChI=1S/C19H21N3O5/c1-13(23)22(12-18(24)25)11-17-10-21(6-7-27-17)19(26)15-3-2-14-4-5-20-9-16(14)8-15/h2-5,8-9,17H,6-7,10-12H2,1H3,(H,24,25). The van der Waals surface area contributed by atoms with Crippen molar-refractivity contribution in [3.05, 3.63) is 42.2 Å². The van der Waals surface area contributed by atoms with E-state index in [1.807, 2.05) is 12.1 Å². The fourth-order valence-corrected chi connectivity index (χ4v) is 3.13. The molecule has 1 N–H and O–H groups in total. The SMILES string of the molecule is CC(=O)N(CC(=O)O)CC1CN(C(=O)c2ccc3ccncc3c2)CCO1. The van der Waals surface area contributed by atoms with Crippen molar-refractivity contribution in [2.45, 2.75) is 13.0 Å². The van der Waals surface area contributed by atoms with Crippen LogP contribution in [0.25, 0.3) is 10.8 Å². The molecule has 1 atom stereocenters. The second-order valence-electron chi connectivity index (χ2n) is 6.47. The van der Waals surface area contributed by atoms with Gasteiger partial charge in [0.25, 0.3) is 5.91 Å². The van der Waals surface area contributed by atoms with Crippen molar-refractivity contribution in [1.29, 1.82) is 0 Å². The Morgan fingerprint density at radius 1 is 1.30 bits per heavy atom. The highest BCUT2D eigenvalue weighted by Crippen LogP contribution is 2.17. The third-order valence-corrected chi connectivity index (χ3v) is 4.51. The average molecular weight is 371 g/mol. The third-order valence-electron chi connectivity index (χ3n) is 4.51. The molecular formula is C19H21N3O5. The Bertz CT molecular complexity index is 869. The topological polar surface area (TPSA) is 100 Å². The molecule has 142 valence electrons. The first-order valence-corrected chi connectivity index (χ1v) is 8.66. The second kappa shape index (κ2) is 8.13. The normalized spacial score (nSPS) is 16.9. The largest absolute Gasteiger partial charge is 0.480 e. The molecule has 1 saturated heterocycles. The monoisotopic (exact) mass is 371 g/mol. The van der Waals surface area contributed by atoms with Crippen LogP contribution in [0, 0.1) is 0 Å². The first-order chi connectivity index (χ1) is 12.9. The van der Waals surface area contributed by atoms with Crippen LogP contribution in [-0.2, 0) is 14.3 Å². The Morgan fingerprint density at radius 3 is 2.85 bits per heavy atom. The van der Waals surface area contributed by atoms with Gasteiger partial charge >= 0.3 is 5.97 Å². The van der Waals surface area contributed by atoms with Crippen LogP contribution < -0.4 is 0 Å². The Hall–Kier alpha value is -3.00. The smallest absolute Gasteiger partial charge is 0.323 e. The molecule has 8 heteroatoms. The van der Waals surface area contributed by atoms with E-state index in [1.165, 1.54) is 11.8 Å². The minimum absolute atomic E-state index is 0.123. The van der Waals surface area contributed by atoms with Gasteiger partial charge in [0.15, 0.2) is 0 Å². The van der Waals surface area contributed by atoms with Crippen LogP contribution in [-0.4, -0.2) is 76.6 Å². The molecular weight excluding hydrogens is 350 g/mol. The molecule has 0 aliphatic carbocycles. The van der Waals surface area contributed by atoms with Crippen LogP contribution >= 0.6 is 0 Å². The molecule has 1 fully saturated rings. The highest BCUT2D eigenvalue weighted by molar-refractivity contribution is 5.98. The lowest BCUT2D eigenvalue weighted by molar-refractivity contribution is -0.145. The van der Waals surface area contributed by atoms with Crippen molar-refractivity contribution in [3.8, 4) is 0 Å². The molecule has 1 aliphatic heterocycles. The lowest BCUT2D eigenvalue weighted by Gasteiger charge is -2.35. The molecule has 1 aromatic heterocycles. The Balaban J connectivity index is 1.69. The summed E-state index contributed by atoms with van der Waals surface area (Å²) in [5, 5.41) is 10.8. The van der Waals surface area contributed by atoms with E-state index in [1.54, 1.807) is 29.4 Å². The number of aromatic nitrogens is 1. The van der Waals surface area contributed by atoms with Gasteiger partial charge in [0.1, 0.15) is 6.54 Å². The molecule has 2 amide bonds. The van der Waals surface area contributed by atoms with Gasteiger partial charge in [-0.25, -0.2) is 0 Å². The maximum Gasteiger partial charge on any atom is 0.323 e. The molecule has 1 aliphatic rings. The number of carboxylic acids is 1. The maximum absolute atomic E-state index is 12.9. The molecule has 8 nitrogen and oxygen atoms in total. The number of pyridine rings is 1. The van der Waals surface area contributed by atoms with E-state index in [4.69, 9.17) is 9.84 Å². The minimum atomic E-state index is -1.08. The second-order valence-corrected chi connectivity index (χ2v) is 6.47. The van der Waals surface area contributed by atoms with Crippen LogP contribution in [0.1, 0.15) is 17.3 Å². The first-order valence-electron chi connectivity index (χ1n) is 8.66. The molecule has 0 radical (unpaired) electrons. The molecule has 1 unspecified atom stereocenters. The minimum Gasteiger partial charge on any atom is -0.480 e. The van der Waals surface area contributed by atoms with Gasteiger partial charge in [0, 0.05) is 49.9 Å². The molecule has 27 heavy (non-hydrogen) atoms. The molecule has 2 heterocycles. The van der Waals surface area contributed by atoms with Crippen LogP contribution in [0.4, 0.5) is 0 Å². The van der Waals surface area contributed by atoms with Gasteiger partial charge in [0.2, 0.25) is 5.91 Å². The number of hydrogen-bond acceptors (Lipinski definition) is 5. The van der Waals surface area contributed by atoms with Crippen LogP contribution in [0.15, 0.2) is 36.7 Å². The van der Waals surface area contributed by atoms with E-state index >= 15 is 0 Å². The number of nitrogens with zero attached hydrogens (tertiary/aromatic N) is 3. The van der Waals surface area contributed by atoms with Crippen LogP contribution in [0.3, 0.4) is 0 Å². The summed E-state index contributed by atoms with van der Waals surface area (Å²) in [5.41, 5.74) is 0.560. The molecule has 0 spiro atoms. The molecule has 2 aromatic rings. The quantitative estimate of drug-likeness (QED) is 0.842. The number of morpholine rings is 1. The number of benzene rings is 1. The highest BCUT2D eigenvalue weighted by Gasteiger charge is 2.28. The maximum atomic E-state index is 12.9. The van der Waals surface area contributed by atoms with E-state index in [9.17, 15) is 14.4 Å². The van der Waals surface area contributed by atoms with Crippen molar-refractivity contribution in [3.63, 3.8) is 0 Å². The zero-order valence-electron chi connectivity index (χ0n) is 15.0. The van der Waals surface area contributed by atoms with Gasteiger partial charge in [-0.3, -0.25) is 19.4 Å². The lowest BCUT2D eigenvalue weighted by Crippen LogP contribution is -2.51. The van der Waals surface area contributed by atoms with Crippen molar-refractivity contribution >= 4 is 28.6 Å². The summed E-state index contributed by atoms with van der Waals surface area (Å²) in [6.07, 6.45) is 2.99. The molecule has 3 rings (SSSR count). The number of fused-ring (bicyclic) bond motifs is 1. The average Bonchev–Trinajstić information content (AvgIpc) is 2.66. The van der Waals surface area contributed by atoms with Gasteiger partial charge in [-0.2, -0.15) is 0 Å². The van der Waals surface area contributed by atoms with Gasteiger partial charge in [0.05, 0.1) is 12.7 Å². The Kier molecular flexibility index (Phi) is 5.66. The van der Waals surface area contributed by atoms with Crippen LogP contribution in [0.5, 0.6) is 0 Å². The molecule has 0 bridgehead atoms. The zero-order valence-corrected chi connectivity index (χ0v) is 15.0. The molecule has 1 aromatic carbocycles. The number of carboxylic acid groups (broad SMARTS) is 1. The van der Waals surface area contributed by atoms with E-state index < -0.39 is 12.1 Å². The van der Waals surface area contributed by atoms with Crippen molar-refractivity contribution < 1.29 is 24.2 Å². The predicted octanol–water partition coefficient (Wildman–Crippen LogP) is 1.01. The predicted molar refractivity (Wildman–Crippen MR) is 97.3 cm³/mol. The van der Waals surface area contributed by atoms with Gasteiger partial charge in [-0.1, -0.05) is 6.07 Å². The fourth-order valence-electron chi connectivity index (χ4n) is 3.13. The highest BCUT2D eigenvalue weighted by atomic mass is 16.5. The van der Waals surface area contributed by atoms with Crippen molar-refractivity contribution in [1.82, 2.24) is 14.8 Å². The van der Waals surface area contributed by atoms with Gasteiger partial charge in [-0.05, 0) is 23.6 Å². The summed E-state index contributed by atoms with van der Waals surface area (Å²) in [6.45, 7) is 2.14. The summed E-state index contributed by atoms with van der Waals surface area (Å²) >= 11 is 0. The van der Waals surface area contributed by atoms with Crippen molar-refractivity contribution in [2.75, 3.05) is 32.8 Å². The Morgan fingerprint density at radius 2 is 2.11 bits per heavy atom. The summed E-state index contributed by atoms with van der Waals surface area (Å²) in [5.74, 6) is -1.55. The summed E-state index contributed by atoms with van der Waals surface area (Å²) in [7, 11) is 0. The number of ether oxygens (including phenoxy) is 1. The van der Waals surface area contributed by atoms with E-state index in [-0.39, 0.29) is 24.9 Å². The van der Waals surface area contributed by atoms with E-state index in [2.05, 4.69) is 4.98 Å². The summed E-state index contributed by atoms with van der Waals surface area (Å²) < 4.78 is 5.64. The van der Waals surface area contributed by atoms with Gasteiger partial charge in [-0.15, -0.1) is 0 Å². The number of aliphatic carboxylic acids is 1. The van der Waals surface area contributed by atoms with E-state index in [0.29, 0.717) is 25.3 Å². The lowest BCUT2D eigenvalue weighted by atomic mass is 10.1. The fraction of sp³-hybridized carbons (Fsp3) is 0.368. The number of amides is 2. The van der Waals surface area contributed by atoms with Crippen molar-refractivity contribution in [2.24, 2.45) is 0 Å². The number of hydrogen-bond donors (Lipinski definition) is 1. The first kappa shape index (κ1) is 18.8. The zero-order chi connectivity index (χ0) is 19.4. The van der Waals surface area contributed by atoms with Crippen LogP contribution in [0.2, 0.25) is 0 Å². The number of carbonyl (C=O) groups excluding carboxylic acids is 2. The van der Waals surface area contributed by atoms with Gasteiger partial charge < -0.3 is 19.6 Å². The number of carbonyl (C=O) groups is 3. The Labute approximate surface area is 156 Å². The third kappa shape index (κ3) is 4.59. The molecule has 0 saturated carbocycles. The summed E-state index contributed by atoms with van der Waals surface area (Å²) in [4.78, 5) is 42.4. The number of rotatable bonds is 5.